The van der Waals surface area contributed by atoms with Gasteiger partial charge < -0.3 is 0 Å². The van der Waals surface area contributed by atoms with Crippen molar-refractivity contribution in [3.8, 4) is 0 Å². The molecule has 0 radical (unpaired) electrons. The van der Waals surface area contributed by atoms with E-state index >= 15 is 0 Å². The lowest BCUT2D eigenvalue weighted by atomic mass is 9.95. The van der Waals surface area contributed by atoms with Crippen molar-refractivity contribution in [1.29, 1.82) is 0 Å². The van der Waals surface area contributed by atoms with Crippen molar-refractivity contribution >= 4 is 17.7 Å². The molecule has 0 saturated heterocycles. The van der Waals surface area contributed by atoms with E-state index in [1.165, 1.54) is 33.4 Å². The lowest BCUT2D eigenvalue weighted by molar-refractivity contribution is 1.11. The summed E-state index contributed by atoms with van der Waals surface area (Å²) in [6.07, 6.45) is 7.22. The molecule has 0 fully saturated rings. The number of allylic oxidation sites excluding steroid dienone is 1. The maximum Gasteiger partial charge on any atom is 0.0406 e. The van der Waals surface area contributed by atoms with Crippen molar-refractivity contribution in [2.24, 2.45) is 0 Å². The van der Waals surface area contributed by atoms with Crippen LogP contribution >= 0.6 is 11.6 Å². The van der Waals surface area contributed by atoms with Crippen LogP contribution in [0.25, 0.3) is 6.08 Å². The average molecular weight is 409 g/mol. The quantitative estimate of drug-likeness (QED) is 0.293. The molecular formula is C29H25Cl. The van der Waals surface area contributed by atoms with E-state index in [0.29, 0.717) is 0 Å². The standard InChI is InChI=1S/C29H25Cl/c30-29-16-14-23(15-17-29)12-7-13-26-20-27(18-24-8-3-1-4-9-24)22-28(21-26)19-25-10-5-2-6-11-25/h1-12,14-17,20-22H,13,18-19H2. The molecule has 0 spiro atoms. The molecular weight excluding hydrogens is 384 g/mol. The lowest BCUT2D eigenvalue weighted by Gasteiger charge is -2.10. The van der Waals surface area contributed by atoms with Gasteiger partial charge in [-0.1, -0.05) is 115 Å². The number of halogens is 1. The van der Waals surface area contributed by atoms with Crippen molar-refractivity contribution in [1.82, 2.24) is 0 Å². The summed E-state index contributed by atoms with van der Waals surface area (Å²) in [5.41, 5.74) is 7.94. The van der Waals surface area contributed by atoms with E-state index in [-0.39, 0.29) is 0 Å². The highest BCUT2D eigenvalue weighted by molar-refractivity contribution is 6.30. The predicted molar refractivity (Wildman–Crippen MR) is 129 cm³/mol. The van der Waals surface area contributed by atoms with Gasteiger partial charge in [0, 0.05) is 5.02 Å². The van der Waals surface area contributed by atoms with Gasteiger partial charge >= 0.3 is 0 Å². The monoisotopic (exact) mass is 408 g/mol. The Morgan fingerprint density at radius 3 is 1.57 bits per heavy atom. The molecule has 4 aromatic rings. The SMILES string of the molecule is Clc1ccc(C=CCc2cc(Cc3ccccc3)cc(Cc3ccccc3)c2)cc1. The Morgan fingerprint density at radius 1 is 0.533 bits per heavy atom. The molecule has 0 amide bonds. The fourth-order valence-corrected chi connectivity index (χ4v) is 3.86. The molecule has 4 rings (SSSR count). The van der Waals surface area contributed by atoms with Crippen molar-refractivity contribution in [2.45, 2.75) is 19.3 Å². The van der Waals surface area contributed by atoms with Crippen molar-refractivity contribution < 1.29 is 0 Å². The highest BCUT2D eigenvalue weighted by Gasteiger charge is 2.04. The molecule has 0 aromatic heterocycles. The Labute approximate surface area is 184 Å². The number of hydrogen-bond acceptors (Lipinski definition) is 0. The summed E-state index contributed by atoms with van der Waals surface area (Å²) in [5, 5.41) is 0.770. The highest BCUT2D eigenvalue weighted by atomic mass is 35.5. The molecule has 30 heavy (non-hydrogen) atoms. The van der Waals surface area contributed by atoms with E-state index in [4.69, 9.17) is 11.6 Å². The normalized spacial score (nSPS) is 11.1. The fourth-order valence-electron chi connectivity index (χ4n) is 3.73. The zero-order valence-electron chi connectivity index (χ0n) is 17.0. The minimum absolute atomic E-state index is 0.770. The van der Waals surface area contributed by atoms with Crippen LogP contribution in [0.1, 0.15) is 33.4 Å². The van der Waals surface area contributed by atoms with E-state index in [0.717, 1.165) is 24.3 Å². The first kappa shape index (κ1) is 20.2. The topological polar surface area (TPSA) is 0 Å². The van der Waals surface area contributed by atoms with Gasteiger partial charge in [0.1, 0.15) is 0 Å². The first-order valence-corrected chi connectivity index (χ1v) is 10.7. The summed E-state index contributed by atoms with van der Waals surface area (Å²) in [6.45, 7) is 0. The smallest absolute Gasteiger partial charge is 0.0406 e. The minimum Gasteiger partial charge on any atom is -0.0843 e. The second kappa shape index (κ2) is 10.1. The molecule has 0 aliphatic rings. The summed E-state index contributed by atoms with van der Waals surface area (Å²) in [7, 11) is 0. The van der Waals surface area contributed by atoms with Gasteiger partial charge in [-0.15, -0.1) is 0 Å². The van der Waals surface area contributed by atoms with E-state index in [9.17, 15) is 0 Å². The van der Waals surface area contributed by atoms with Gasteiger partial charge in [0.2, 0.25) is 0 Å². The Kier molecular flexibility index (Phi) is 6.79. The van der Waals surface area contributed by atoms with Crippen molar-refractivity contribution in [3.63, 3.8) is 0 Å². The van der Waals surface area contributed by atoms with Gasteiger partial charge in [0.15, 0.2) is 0 Å². The molecule has 1 heteroatoms. The van der Waals surface area contributed by atoms with Gasteiger partial charge in [0.05, 0.1) is 0 Å². The largest absolute Gasteiger partial charge is 0.0843 e. The lowest BCUT2D eigenvalue weighted by Crippen LogP contribution is -1.96. The van der Waals surface area contributed by atoms with Crippen LogP contribution in [0.15, 0.2) is 109 Å². The third-order valence-corrected chi connectivity index (χ3v) is 5.40. The number of benzene rings is 4. The molecule has 0 N–H and O–H groups in total. The molecule has 0 aliphatic carbocycles. The predicted octanol–water partition coefficient (Wildman–Crippen LogP) is 7.78. The third-order valence-electron chi connectivity index (χ3n) is 5.15. The number of rotatable bonds is 7. The van der Waals surface area contributed by atoms with Gasteiger partial charge in [0.25, 0.3) is 0 Å². The third kappa shape index (κ3) is 5.95. The van der Waals surface area contributed by atoms with Crippen LogP contribution in [0.2, 0.25) is 5.02 Å². The zero-order chi connectivity index (χ0) is 20.6. The van der Waals surface area contributed by atoms with Crippen LogP contribution in [-0.4, -0.2) is 0 Å². The molecule has 148 valence electrons. The van der Waals surface area contributed by atoms with Crippen LogP contribution in [0.3, 0.4) is 0 Å². The van der Waals surface area contributed by atoms with E-state index < -0.39 is 0 Å². The Hall–Kier alpha value is -3.09. The van der Waals surface area contributed by atoms with E-state index in [1.54, 1.807) is 0 Å². The first-order chi connectivity index (χ1) is 14.7. The fraction of sp³-hybridized carbons (Fsp3) is 0.103. The second-order valence-corrected chi connectivity index (χ2v) is 8.08. The minimum atomic E-state index is 0.770. The molecule has 0 heterocycles. The van der Waals surface area contributed by atoms with Crippen LogP contribution < -0.4 is 0 Å². The molecule has 0 nitrogen and oxygen atoms in total. The van der Waals surface area contributed by atoms with Gasteiger partial charge in [-0.05, 0) is 64.8 Å². The van der Waals surface area contributed by atoms with Crippen LogP contribution in [0, 0.1) is 0 Å². The Balaban J connectivity index is 1.56. The maximum absolute atomic E-state index is 5.99. The maximum atomic E-state index is 5.99. The second-order valence-electron chi connectivity index (χ2n) is 7.64. The number of hydrogen-bond donors (Lipinski definition) is 0. The van der Waals surface area contributed by atoms with Crippen LogP contribution in [0.4, 0.5) is 0 Å². The van der Waals surface area contributed by atoms with Crippen LogP contribution in [0.5, 0.6) is 0 Å². The summed E-state index contributed by atoms with van der Waals surface area (Å²) in [4.78, 5) is 0. The molecule has 0 bridgehead atoms. The first-order valence-electron chi connectivity index (χ1n) is 10.4. The summed E-state index contributed by atoms with van der Waals surface area (Å²) in [5.74, 6) is 0. The Bertz CT molecular complexity index is 1030. The van der Waals surface area contributed by atoms with Gasteiger partial charge in [-0.25, -0.2) is 0 Å². The van der Waals surface area contributed by atoms with E-state index in [1.807, 2.05) is 24.3 Å². The summed E-state index contributed by atoms with van der Waals surface area (Å²) < 4.78 is 0. The van der Waals surface area contributed by atoms with Crippen molar-refractivity contribution in [3.05, 3.63) is 148 Å². The summed E-state index contributed by atoms with van der Waals surface area (Å²) >= 11 is 5.99. The van der Waals surface area contributed by atoms with E-state index in [2.05, 4.69) is 91.0 Å². The average Bonchev–Trinajstić information content (AvgIpc) is 2.76. The molecule has 0 aliphatic heterocycles. The van der Waals surface area contributed by atoms with Crippen molar-refractivity contribution in [2.75, 3.05) is 0 Å². The Morgan fingerprint density at radius 2 is 1.03 bits per heavy atom. The van der Waals surface area contributed by atoms with Gasteiger partial charge in [-0.3, -0.25) is 0 Å². The van der Waals surface area contributed by atoms with Gasteiger partial charge in [-0.2, -0.15) is 0 Å². The zero-order valence-corrected chi connectivity index (χ0v) is 17.7. The summed E-state index contributed by atoms with van der Waals surface area (Å²) in [6, 6.07) is 36.4. The molecule has 0 atom stereocenters. The molecule has 0 unspecified atom stereocenters. The molecule has 0 saturated carbocycles. The molecule has 4 aromatic carbocycles. The highest BCUT2D eigenvalue weighted by Crippen LogP contribution is 2.19. The van der Waals surface area contributed by atoms with Crippen LogP contribution in [-0.2, 0) is 19.3 Å².